The maximum absolute atomic E-state index is 13.8. The van der Waals surface area contributed by atoms with Gasteiger partial charge in [-0.15, -0.1) is 11.3 Å². The number of likely N-dealkylation sites (tertiary alicyclic amines) is 1. The number of hydrogen-bond donors (Lipinski definition) is 1. The fourth-order valence-electron chi connectivity index (χ4n) is 6.17. The van der Waals surface area contributed by atoms with Crippen LogP contribution in [-0.2, 0) is 21.4 Å². The lowest BCUT2D eigenvalue weighted by atomic mass is 9.92. The molecule has 1 saturated heterocycles. The van der Waals surface area contributed by atoms with Crippen LogP contribution in [0.3, 0.4) is 0 Å². The predicted molar refractivity (Wildman–Crippen MR) is 199 cm³/mol. The lowest BCUT2D eigenvalue weighted by Crippen LogP contribution is -2.37. The summed E-state index contributed by atoms with van der Waals surface area (Å²) in [7, 11) is 0. The molecule has 0 radical (unpaired) electrons. The van der Waals surface area contributed by atoms with Crippen molar-refractivity contribution in [2.75, 3.05) is 19.7 Å². The van der Waals surface area contributed by atoms with Gasteiger partial charge in [-0.3, -0.25) is 14.4 Å². The van der Waals surface area contributed by atoms with Crippen LogP contribution in [0.15, 0.2) is 73.1 Å². The molecule has 2 aromatic heterocycles. The number of carbonyl (C=O) groups excluding carboxylic acids is 2. The Hall–Kier alpha value is -4.37. The second kappa shape index (κ2) is 16.6. The smallest absolute Gasteiger partial charge is 0.308 e. The molecule has 1 N–H and O–H groups in total. The standard InChI is InChI=1S/C41H49N3O5S/c1-27(2)8-6-7-21-49-34-15-13-29(14-16-34)33-24-42-38(43-25-33)30-11-9-28(10-12-30)22-32(39(46)44-20-19-31(26-44)40(47)48)23-35(45)36-17-18-37(50-36)41(3,4)5/h9-18,24-25,27,31-32H,6-8,19-23,26H2,1-5H3,(H,47,48)/t31-,32+/m0/s1. The van der Waals surface area contributed by atoms with Crippen molar-refractivity contribution in [1.29, 1.82) is 0 Å². The summed E-state index contributed by atoms with van der Waals surface area (Å²) in [6, 6.07) is 19.6. The second-order valence-corrected chi connectivity index (χ2v) is 15.9. The van der Waals surface area contributed by atoms with E-state index in [2.05, 4.69) is 44.6 Å². The Morgan fingerprint density at radius 3 is 2.20 bits per heavy atom. The lowest BCUT2D eigenvalue weighted by Gasteiger charge is -2.23. The minimum atomic E-state index is -0.891. The number of amides is 1. The fraction of sp³-hybridized carbons (Fsp3) is 0.439. The molecule has 50 heavy (non-hydrogen) atoms. The van der Waals surface area contributed by atoms with Crippen molar-refractivity contribution in [2.24, 2.45) is 17.8 Å². The zero-order chi connectivity index (χ0) is 35.8. The number of hydrogen-bond acceptors (Lipinski definition) is 7. The lowest BCUT2D eigenvalue weighted by molar-refractivity contribution is -0.141. The number of rotatable bonds is 15. The van der Waals surface area contributed by atoms with Crippen molar-refractivity contribution in [3.05, 3.63) is 88.4 Å². The third kappa shape index (κ3) is 9.87. The molecule has 0 spiro atoms. The molecule has 0 aliphatic carbocycles. The predicted octanol–water partition coefficient (Wildman–Crippen LogP) is 8.74. The zero-order valence-corrected chi connectivity index (χ0v) is 30.7. The summed E-state index contributed by atoms with van der Waals surface area (Å²) in [5.74, 6) is -0.131. The van der Waals surface area contributed by atoms with Gasteiger partial charge >= 0.3 is 5.97 Å². The molecule has 1 aliphatic heterocycles. The molecule has 0 saturated carbocycles. The van der Waals surface area contributed by atoms with Crippen LogP contribution >= 0.6 is 11.3 Å². The minimum absolute atomic E-state index is 0.0644. The number of thiophene rings is 1. The van der Waals surface area contributed by atoms with Crippen molar-refractivity contribution in [3.63, 3.8) is 0 Å². The van der Waals surface area contributed by atoms with Gasteiger partial charge < -0.3 is 14.7 Å². The van der Waals surface area contributed by atoms with Crippen molar-refractivity contribution in [2.45, 2.75) is 78.6 Å². The van der Waals surface area contributed by atoms with Crippen LogP contribution in [0.4, 0.5) is 0 Å². The first kappa shape index (κ1) is 36.9. The van der Waals surface area contributed by atoms with Crippen molar-refractivity contribution in [1.82, 2.24) is 14.9 Å². The number of carboxylic acid groups (broad SMARTS) is 1. The molecule has 4 aromatic rings. The van der Waals surface area contributed by atoms with Gasteiger partial charge in [0.25, 0.3) is 0 Å². The number of carbonyl (C=O) groups is 3. The molecule has 8 nitrogen and oxygen atoms in total. The summed E-state index contributed by atoms with van der Waals surface area (Å²) >= 11 is 1.48. The number of unbranched alkanes of at least 4 members (excludes halogenated alkanes) is 1. The van der Waals surface area contributed by atoms with Gasteiger partial charge in [0.15, 0.2) is 11.6 Å². The van der Waals surface area contributed by atoms with E-state index in [0.29, 0.717) is 30.1 Å². The number of nitrogens with zero attached hydrogens (tertiary/aromatic N) is 3. The summed E-state index contributed by atoms with van der Waals surface area (Å²) < 4.78 is 5.90. The molecule has 264 valence electrons. The topological polar surface area (TPSA) is 110 Å². The van der Waals surface area contributed by atoms with E-state index in [1.54, 1.807) is 4.90 Å². The largest absolute Gasteiger partial charge is 0.494 e. The summed E-state index contributed by atoms with van der Waals surface area (Å²) in [4.78, 5) is 51.4. The third-order valence-corrected chi connectivity index (χ3v) is 10.8. The van der Waals surface area contributed by atoms with Crippen LogP contribution < -0.4 is 4.74 Å². The highest BCUT2D eigenvalue weighted by Gasteiger charge is 2.35. The quantitative estimate of drug-likeness (QED) is 0.0978. The van der Waals surface area contributed by atoms with Gasteiger partial charge in [-0.25, -0.2) is 9.97 Å². The van der Waals surface area contributed by atoms with Crippen molar-refractivity contribution >= 4 is 29.0 Å². The van der Waals surface area contributed by atoms with Crippen LogP contribution in [0.1, 0.15) is 86.8 Å². The summed E-state index contributed by atoms with van der Waals surface area (Å²) in [5, 5.41) is 9.50. The van der Waals surface area contributed by atoms with E-state index in [-0.39, 0.29) is 30.1 Å². The summed E-state index contributed by atoms with van der Waals surface area (Å²) in [6.45, 7) is 12.1. The maximum Gasteiger partial charge on any atom is 0.308 e. The van der Waals surface area contributed by atoms with Gasteiger partial charge in [0.2, 0.25) is 5.91 Å². The number of benzene rings is 2. The zero-order valence-electron chi connectivity index (χ0n) is 29.9. The first-order valence-electron chi connectivity index (χ1n) is 17.7. The van der Waals surface area contributed by atoms with Gasteiger partial charge in [-0.1, -0.05) is 77.4 Å². The van der Waals surface area contributed by atoms with E-state index < -0.39 is 17.8 Å². The molecule has 0 bridgehead atoms. The highest BCUT2D eigenvalue weighted by molar-refractivity contribution is 7.14. The third-order valence-electron chi connectivity index (χ3n) is 9.23. The molecule has 1 fully saturated rings. The number of carboxylic acids is 1. The van der Waals surface area contributed by atoms with Crippen LogP contribution in [0.25, 0.3) is 22.5 Å². The number of ketones is 1. The van der Waals surface area contributed by atoms with Crippen LogP contribution in [-0.4, -0.2) is 57.3 Å². The SMILES string of the molecule is CC(C)CCCCOc1ccc(-c2cnc(-c3ccc(C[C@H](CC(=O)c4ccc(C(C)(C)C)s4)C(=O)N4CC[C@H](C(=O)O)C4)cc3)nc2)cc1. The first-order valence-corrected chi connectivity index (χ1v) is 18.5. The average Bonchev–Trinajstić information content (AvgIpc) is 3.80. The Labute approximate surface area is 299 Å². The molecule has 2 atom stereocenters. The second-order valence-electron chi connectivity index (χ2n) is 14.8. The van der Waals surface area contributed by atoms with E-state index in [4.69, 9.17) is 4.74 Å². The Bertz CT molecular complexity index is 1740. The molecular formula is C41H49N3O5S. The van der Waals surface area contributed by atoms with Gasteiger partial charge in [0.05, 0.1) is 17.4 Å². The fourth-order valence-corrected chi connectivity index (χ4v) is 7.18. The summed E-state index contributed by atoms with van der Waals surface area (Å²) in [6.07, 6.45) is 7.93. The van der Waals surface area contributed by atoms with Crippen molar-refractivity contribution < 1.29 is 24.2 Å². The van der Waals surface area contributed by atoms with Gasteiger partial charge in [-0.05, 0) is 72.4 Å². The van der Waals surface area contributed by atoms with E-state index >= 15 is 0 Å². The Balaban J connectivity index is 1.23. The van der Waals surface area contributed by atoms with Crippen molar-refractivity contribution in [3.8, 4) is 28.3 Å². The number of aliphatic carboxylic acids is 1. The Kier molecular flexibility index (Phi) is 12.2. The van der Waals surface area contributed by atoms with Gasteiger partial charge in [-0.2, -0.15) is 0 Å². The molecule has 2 aromatic carbocycles. The van der Waals surface area contributed by atoms with Gasteiger partial charge in [0, 0.05) is 53.8 Å². The summed E-state index contributed by atoms with van der Waals surface area (Å²) in [5.41, 5.74) is 3.60. The number of aromatic nitrogens is 2. The molecule has 3 heterocycles. The van der Waals surface area contributed by atoms with Gasteiger partial charge in [0.1, 0.15) is 5.75 Å². The molecule has 1 amide bonds. The number of ether oxygens (including phenoxy) is 1. The van der Waals surface area contributed by atoms with Crippen LogP contribution in [0.2, 0.25) is 0 Å². The first-order chi connectivity index (χ1) is 23.9. The number of Topliss-reactive ketones (excluding diaryl/α,β-unsaturated/α-hetero) is 1. The van der Waals surface area contributed by atoms with E-state index in [1.807, 2.05) is 73.1 Å². The van der Waals surface area contributed by atoms with E-state index in [9.17, 15) is 19.5 Å². The minimum Gasteiger partial charge on any atom is -0.494 e. The van der Waals surface area contributed by atoms with Crippen LogP contribution in [0, 0.1) is 17.8 Å². The van der Waals surface area contributed by atoms with E-state index in [0.717, 1.165) is 51.8 Å². The highest BCUT2D eigenvalue weighted by atomic mass is 32.1. The average molecular weight is 696 g/mol. The normalized spacial score (nSPS) is 15.3. The Morgan fingerprint density at radius 2 is 1.60 bits per heavy atom. The molecule has 5 rings (SSSR count). The molecule has 9 heteroatoms. The van der Waals surface area contributed by atoms with Crippen LogP contribution in [0.5, 0.6) is 5.75 Å². The molecular weight excluding hydrogens is 647 g/mol. The molecule has 0 unspecified atom stereocenters. The highest BCUT2D eigenvalue weighted by Crippen LogP contribution is 2.32. The molecule has 1 aliphatic rings. The van der Waals surface area contributed by atoms with E-state index in [1.165, 1.54) is 24.2 Å². The Morgan fingerprint density at radius 1 is 0.920 bits per heavy atom. The maximum atomic E-state index is 13.8. The monoisotopic (exact) mass is 695 g/mol.